The van der Waals surface area contributed by atoms with Crippen molar-refractivity contribution in [3.63, 3.8) is 0 Å². The Bertz CT molecular complexity index is 1130. The first-order valence-corrected chi connectivity index (χ1v) is 26.4. The van der Waals surface area contributed by atoms with Crippen LogP contribution >= 0.6 is 0 Å². The molecule has 0 aromatic carbocycles. The second-order valence-corrected chi connectivity index (χ2v) is 18.3. The summed E-state index contributed by atoms with van der Waals surface area (Å²) in [6.45, 7) is 3.68. The van der Waals surface area contributed by atoms with Crippen molar-refractivity contribution in [3.8, 4) is 0 Å². The number of amides is 1. The van der Waals surface area contributed by atoms with E-state index in [1.165, 1.54) is 154 Å². The van der Waals surface area contributed by atoms with Gasteiger partial charge in [0.2, 0.25) is 5.91 Å². The molecule has 1 aliphatic heterocycles. The van der Waals surface area contributed by atoms with Crippen LogP contribution in [0, 0.1) is 0 Å². The molecule has 1 aliphatic rings. The lowest BCUT2D eigenvalue weighted by Crippen LogP contribution is -2.60. The summed E-state index contributed by atoms with van der Waals surface area (Å²) in [5.74, 6) is -0.192. The van der Waals surface area contributed by atoms with Crippen molar-refractivity contribution in [2.75, 3.05) is 13.2 Å². The van der Waals surface area contributed by atoms with Crippen LogP contribution in [0.1, 0.15) is 232 Å². The fourth-order valence-electron chi connectivity index (χ4n) is 8.13. The van der Waals surface area contributed by atoms with Crippen molar-refractivity contribution < 1.29 is 39.8 Å². The first-order chi connectivity index (χ1) is 30.8. The van der Waals surface area contributed by atoms with E-state index in [-0.39, 0.29) is 12.5 Å². The Morgan fingerprint density at radius 1 is 0.524 bits per heavy atom. The zero-order valence-electron chi connectivity index (χ0n) is 40.6. The van der Waals surface area contributed by atoms with Crippen LogP contribution in [0.15, 0.2) is 48.6 Å². The summed E-state index contributed by atoms with van der Waals surface area (Å²) >= 11 is 0. The van der Waals surface area contributed by atoms with Crippen LogP contribution in [-0.4, -0.2) is 87.5 Å². The van der Waals surface area contributed by atoms with Gasteiger partial charge in [-0.05, 0) is 64.2 Å². The van der Waals surface area contributed by atoms with Crippen LogP contribution in [0.2, 0.25) is 0 Å². The minimum atomic E-state index is -1.57. The molecular weight excluding hydrogens is 791 g/mol. The predicted molar refractivity (Wildman–Crippen MR) is 263 cm³/mol. The van der Waals surface area contributed by atoms with E-state index in [1.807, 2.05) is 6.08 Å². The largest absolute Gasteiger partial charge is 0.394 e. The first-order valence-electron chi connectivity index (χ1n) is 26.4. The zero-order valence-corrected chi connectivity index (χ0v) is 40.6. The Kier molecular flexibility index (Phi) is 41.3. The van der Waals surface area contributed by atoms with Gasteiger partial charge in [0.05, 0.1) is 25.4 Å². The summed E-state index contributed by atoms with van der Waals surface area (Å²) < 4.78 is 11.2. The summed E-state index contributed by atoms with van der Waals surface area (Å²) in [7, 11) is 0. The third-order valence-electron chi connectivity index (χ3n) is 12.3. The van der Waals surface area contributed by atoms with Crippen LogP contribution in [0.25, 0.3) is 0 Å². The van der Waals surface area contributed by atoms with Crippen molar-refractivity contribution in [2.24, 2.45) is 0 Å². The smallest absolute Gasteiger partial charge is 0.220 e. The van der Waals surface area contributed by atoms with Gasteiger partial charge in [0.25, 0.3) is 0 Å². The average Bonchev–Trinajstić information content (AvgIpc) is 3.28. The normalized spacial score (nSPS) is 20.5. The van der Waals surface area contributed by atoms with Gasteiger partial charge in [-0.2, -0.15) is 0 Å². The number of unbranched alkanes of at least 4 members (excludes halogenated alkanes) is 28. The molecule has 0 aromatic rings. The summed E-state index contributed by atoms with van der Waals surface area (Å²) in [6.07, 6.45) is 50.5. The Hall–Kier alpha value is -1.85. The Labute approximate surface area is 386 Å². The van der Waals surface area contributed by atoms with E-state index in [4.69, 9.17) is 9.47 Å². The van der Waals surface area contributed by atoms with Gasteiger partial charge >= 0.3 is 0 Å². The molecule has 0 aromatic heterocycles. The highest BCUT2D eigenvalue weighted by atomic mass is 16.7. The third kappa shape index (κ3) is 34.2. The summed E-state index contributed by atoms with van der Waals surface area (Å²) in [5, 5.41) is 54.2. The number of ether oxygens (including phenoxy) is 2. The average molecular weight is 890 g/mol. The molecule has 7 unspecified atom stereocenters. The summed E-state index contributed by atoms with van der Waals surface area (Å²) in [4.78, 5) is 13.0. The highest BCUT2D eigenvalue weighted by Crippen LogP contribution is 2.23. The number of nitrogens with one attached hydrogen (secondary N) is 1. The monoisotopic (exact) mass is 890 g/mol. The van der Waals surface area contributed by atoms with E-state index in [0.29, 0.717) is 6.42 Å². The molecule has 9 nitrogen and oxygen atoms in total. The van der Waals surface area contributed by atoms with Crippen molar-refractivity contribution in [1.82, 2.24) is 5.32 Å². The minimum absolute atomic E-state index is 0.192. The first kappa shape index (κ1) is 59.2. The molecule has 1 heterocycles. The highest BCUT2D eigenvalue weighted by molar-refractivity contribution is 5.76. The van der Waals surface area contributed by atoms with Gasteiger partial charge in [-0.15, -0.1) is 0 Å². The van der Waals surface area contributed by atoms with Crippen molar-refractivity contribution in [1.29, 1.82) is 0 Å². The maximum atomic E-state index is 13.0. The predicted octanol–water partition coefficient (Wildman–Crippen LogP) is 12.2. The maximum Gasteiger partial charge on any atom is 0.220 e. The fourth-order valence-corrected chi connectivity index (χ4v) is 8.13. The van der Waals surface area contributed by atoms with Crippen molar-refractivity contribution in [2.45, 2.75) is 275 Å². The molecule has 1 rings (SSSR count). The van der Waals surface area contributed by atoms with Crippen LogP contribution in [0.4, 0.5) is 0 Å². The van der Waals surface area contributed by atoms with E-state index in [2.05, 4.69) is 55.6 Å². The lowest BCUT2D eigenvalue weighted by Gasteiger charge is -2.40. The number of hydrogen-bond donors (Lipinski definition) is 6. The number of aliphatic hydroxyl groups excluding tert-OH is 5. The molecule has 0 spiro atoms. The van der Waals surface area contributed by atoms with Crippen LogP contribution in [0.3, 0.4) is 0 Å². The Balaban J connectivity index is 2.16. The number of aliphatic hydroxyl groups is 5. The van der Waals surface area contributed by atoms with E-state index < -0.39 is 49.5 Å². The molecule has 1 fully saturated rings. The molecule has 368 valence electrons. The second kappa shape index (κ2) is 44.0. The molecule has 6 N–H and O–H groups in total. The maximum absolute atomic E-state index is 13.0. The van der Waals surface area contributed by atoms with Gasteiger partial charge in [0.1, 0.15) is 24.4 Å². The lowest BCUT2D eigenvalue weighted by atomic mass is 9.99. The number of carbonyl (C=O) groups excluding carboxylic acids is 1. The Morgan fingerprint density at radius 3 is 1.40 bits per heavy atom. The molecule has 0 bridgehead atoms. The number of allylic oxidation sites excluding steroid dienone is 7. The zero-order chi connectivity index (χ0) is 45.9. The highest BCUT2D eigenvalue weighted by Gasteiger charge is 2.44. The molecule has 1 saturated heterocycles. The topological polar surface area (TPSA) is 149 Å². The van der Waals surface area contributed by atoms with E-state index in [0.717, 1.165) is 57.8 Å². The number of carbonyl (C=O) groups is 1. The fraction of sp³-hybridized carbons (Fsp3) is 0.833. The molecule has 0 aliphatic carbocycles. The van der Waals surface area contributed by atoms with Gasteiger partial charge in [-0.25, -0.2) is 0 Å². The standard InChI is InChI=1S/C54H99NO8/c1-3-5-7-9-11-13-15-16-17-18-19-20-21-22-23-24-25-26-27-28-29-30-31-32-34-36-38-40-42-44-50(58)55-47(46-62-54-53(61)52(60)51(59)49(45-56)63-54)48(57)43-41-39-37-35-33-14-12-10-8-6-4-2/h8,10,22-23,33,35,41,43,47-49,51-54,56-57,59-61H,3-7,9,11-21,24-32,34,36-40,42,44-46H2,1-2H3,(H,55,58)/b10-8+,23-22-,35-33+,43-41+. The van der Waals surface area contributed by atoms with Crippen LogP contribution < -0.4 is 5.32 Å². The van der Waals surface area contributed by atoms with Gasteiger partial charge in [0.15, 0.2) is 6.29 Å². The molecule has 7 atom stereocenters. The minimum Gasteiger partial charge on any atom is -0.394 e. The summed E-state index contributed by atoms with van der Waals surface area (Å²) in [6, 6.07) is -0.826. The molecule has 9 heteroatoms. The number of hydrogen-bond acceptors (Lipinski definition) is 8. The van der Waals surface area contributed by atoms with E-state index in [9.17, 15) is 30.3 Å². The van der Waals surface area contributed by atoms with Gasteiger partial charge < -0.3 is 40.3 Å². The molecule has 63 heavy (non-hydrogen) atoms. The second-order valence-electron chi connectivity index (χ2n) is 18.3. The van der Waals surface area contributed by atoms with Crippen LogP contribution in [-0.2, 0) is 14.3 Å². The van der Waals surface area contributed by atoms with Gasteiger partial charge in [-0.3, -0.25) is 4.79 Å². The van der Waals surface area contributed by atoms with Crippen molar-refractivity contribution in [3.05, 3.63) is 48.6 Å². The third-order valence-corrected chi connectivity index (χ3v) is 12.3. The summed E-state index contributed by atoms with van der Waals surface area (Å²) in [5.41, 5.74) is 0. The molecule has 0 saturated carbocycles. The molecule has 0 radical (unpaired) electrons. The SMILES string of the molecule is CCC/C=C/CC/C=C/CC/C=C/C(O)C(COC1OC(CO)C(O)C(O)C1O)NC(=O)CCCCCCCCCCCCCCC/C=C\CCCCCCCCCCCCCC. The van der Waals surface area contributed by atoms with E-state index >= 15 is 0 Å². The van der Waals surface area contributed by atoms with Crippen molar-refractivity contribution >= 4 is 5.91 Å². The number of rotatable bonds is 44. The van der Waals surface area contributed by atoms with Gasteiger partial charge in [0, 0.05) is 6.42 Å². The van der Waals surface area contributed by atoms with Crippen LogP contribution in [0.5, 0.6) is 0 Å². The molecule has 1 amide bonds. The van der Waals surface area contributed by atoms with Gasteiger partial charge in [-0.1, -0.05) is 210 Å². The van der Waals surface area contributed by atoms with E-state index in [1.54, 1.807) is 6.08 Å². The lowest BCUT2D eigenvalue weighted by molar-refractivity contribution is -0.302. The quantitative estimate of drug-likeness (QED) is 0.0262. The Morgan fingerprint density at radius 2 is 0.937 bits per heavy atom. The molecular formula is C54H99NO8.